The highest BCUT2D eigenvalue weighted by Crippen LogP contribution is 2.42. The number of benzene rings is 20. The third-order valence-electron chi connectivity index (χ3n) is 22.7. The molecule has 0 fully saturated rings. The minimum Gasteiger partial charge on any atom is -0.309 e. The van der Waals surface area contributed by atoms with Crippen molar-refractivity contribution in [2.75, 3.05) is 0 Å². The standard InChI is InChI=1S/4C30H20N2/c4*1-5-13-27-23(9-1)24-10-2-6-14-28(24)31(27)21-17-19-22(20-18-21)32-29-15-7-3-11-25(29)26-12-4-8-16-30(26)32/h4*1-20H/i1D,2D,3D,4D,5D,6D,7D,8D,9D,10D,11D,12D,13D,14D,15D,16D,17D,18D,19D,20D;1D,2D,3D,4D,5D,6D,7D,8D,9D,10D,11D,12D,13D,14D,15D,16D;1D,2D,3D,4D,17D,18D,19D,20D;17D,18D,19D,20D. The zero-order valence-corrected chi connectivity index (χ0v) is 66.1. The first-order valence-corrected chi connectivity index (χ1v) is 39.9. The summed E-state index contributed by atoms with van der Waals surface area (Å²) < 4.78 is 425. The molecule has 8 heteroatoms. The largest absolute Gasteiger partial charge is 0.309 e. The van der Waals surface area contributed by atoms with Crippen LogP contribution in [-0.4, -0.2) is 36.5 Å². The Labute approximate surface area is 804 Å². The Hall–Kier alpha value is -17.2. The molecule has 0 radical (unpaired) electrons. The van der Waals surface area contributed by atoms with Gasteiger partial charge in [0.25, 0.3) is 0 Å². The van der Waals surface area contributed by atoms with Crippen molar-refractivity contribution in [3.8, 4) is 45.5 Å². The maximum absolute atomic E-state index is 9.19. The molecular formula is C120H80N8. The molecule has 28 aromatic rings. The van der Waals surface area contributed by atoms with Crippen LogP contribution in [-0.2, 0) is 0 Å². The number of rotatable bonds is 8. The fourth-order valence-electron chi connectivity index (χ4n) is 17.4. The van der Waals surface area contributed by atoms with Crippen LogP contribution in [0, 0.1) is 0 Å². The number of hydrogen-bond donors (Lipinski definition) is 0. The van der Waals surface area contributed by atoms with Crippen LogP contribution < -0.4 is 0 Å². The van der Waals surface area contributed by atoms with Gasteiger partial charge in [0.05, 0.1) is 154 Å². The summed E-state index contributed by atoms with van der Waals surface area (Å²) in [6.45, 7) is 0. The summed E-state index contributed by atoms with van der Waals surface area (Å²) >= 11 is 0. The third-order valence-corrected chi connectivity index (χ3v) is 22.7. The Morgan fingerprint density at radius 2 is 0.242 bits per heavy atom. The molecule has 20 aromatic carbocycles. The molecule has 8 nitrogen and oxygen atoms in total. The van der Waals surface area contributed by atoms with Crippen LogP contribution in [0.25, 0.3) is 220 Å². The van der Waals surface area contributed by atoms with E-state index in [-0.39, 0.29) is 172 Å². The monoisotopic (exact) mass is 1680 g/mol. The van der Waals surface area contributed by atoms with Gasteiger partial charge >= 0.3 is 0 Å². The van der Waals surface area contributed by atoms with Gasteiger partial charge in [0.15, 0.2) is 0 Å². The van der Waals surface area contributed by atoms with Crippen LogP contribution in [0.4, 0.5) is 0 Å². The lowest BCUT2D eigenvalue weighted by atomic mass is 10.2. The van der Waals surface area contributed by atoms with Gasteiger partial charge in [0, 0.05) is 132 Å². The molecule has 0 unspecified atom stereocenters. The summed E-state index contributed by atoms with van der Waals surface area (Å²) in [5.41, 5.74) is 3.37. The molecule has 0 aliphatic heterocycles. The van der Waals surface area contributed by atoms with Gasteiger partial charge in [-0.15, -0.1) is 0 Å². The topological polar surface area (TPSA) is 39.4 Å². The van der Waals surface area contributed by atoms with E-state index in [4.69, 9.17) is 60.3 Å². The van der Waals surface area contributed by atoms with E-state index >= 15 is 0 Å². The summed E-state index contributed by atoms with van der Waals surface area (Å²) in [7, 11) is 0. The molecule has 0 aliphatic carbocycles. The Balaban J connectivity index is 0.000000118. The van der Waals surface area contributed by atoms with E-state index in [1.165, 1.54) is 33.4 Å². The number of para-hydroxylation sites is 16. The summed E-state index contributed by atoms with van der Waals surface area (Å²) in [6.07, 6.45) is 0. The highest BCUT2D eigenvalue weighted by molar-refractivity contribution is 6.16. The van der Waals surface area contributed by atoms with Crippen LogP contribution >= 0.6 is 0 Å². The Morgan fingerprint density at radius 3 is 0.430 bits per heavy atom. The fraction of sp³-hybridized carbons (Fsp3) is 0. The number of aromatic nitrogens is 8. The van der Waals surface area contributed by atoms with Crippen LogP contribution in [0.3, 0.4) is 0 Å². The Kier molecular flexibility index (Phi) is 9.49. The van der Waals surface area contributed by atoms with Crippen molar-refractivity contribution in [2.24, 2.45) is 0 Å². The van der Waals surface area contributed by atoms with Gasteiger partial charge in [-0.25, -0.2) is 0 Å². The first-order valence-electron chi connectivity index (χ1n) is 63.9. The van der Waals surface area contributed by atoms with Crippen LogP contribution in [0.5, 0.6) is 0 Å². The lowest BCUT2D eigenvalue weighted by Crippen LogP contribution is -1.97. The van der Waals surface area contributed by atoms with Crippen molar-refractivity contribution in [1.82, 2.24) is 36.5 Å². The van der Waals surface area contributed by atoms with Gasteiger partial charge in [-0.1, -0.05) is 291 Å². The SMILES string of the molecule is [2H]c1c([2H])c(-n2c3c([2H])c([2H])c([2H])c([2H])c3c3c([2H])c([2H])c([2H])c([2H])c32)c([2H])c([2H])c1-n1c2c([2H])c([2H])c([2H])c([2H])c2c2c([2H])c([2H])c([2H])c([2H])c21.[2H]c1c([2H])c(-n2c3ccccc3c3ccccc32)c([2H])c([2H])c1-n1c2ccccc2c2ccccc21.[2H]c1c([2H])c([2H])c2c(c1[2H])c1c([2H])c([2H])c([2H])c([2H])c1n2-c1ccc(-n2c3c([2H])c([2H])c([2H])c([2H])c3c3c([2H])c([2H])c([2H])c([2H])c32)cc1.[2H]c1ccc2c(c1)c1cc([2H])ccc1n2-c1c([2H])c([2H])c(-n2c3ccc([2H])cc3c3cc([2H])ccc32)c([2H])c1[2H]. The average molecular weight is 1680 g/mol. The summed E-state index contributed by atoms with van der Waals surface area (Å²) in [5.74, 6) is 0. The molecule has 0 atom stereocenters. The highest BCUT2D eigenvalue weighted by atomic mass is 15.0. The second-order valence-electron chi connectivity index (χ2n) is 29.4. The van der Waals surface area contributed by atoms with Gasteiger partial charge in [0.2, 0.25) is 0 Å². The average Bonchev–Trinajstić information content (AvgIpc) is 1.53. The number of fused-ring (bicyclic) bond motifs is 24. The minimum atomic E-state index is -0.925. The second kappa shape index (κ2) is 30.4. The molecule has 0 saturated carbocycles. The van der Waals surface area contributed by atoms with Crippen LogP contribution in [0.15, 0.2) is 484 Å². The highest BCUT2D eigenvalue weighted by Gasteiger charge is 2.21. The zero-order valence-electron chi connectivity index (χ0n) is 114. The van der Waals surface area contributed by atoms with Crippen molar-refractivity contribution < 1.29 is 65.8 Å². The summed E-state index contributed by atoms with van der Waals surface area (Å²) in [5, 5.41) is 4.94. The molecule has 0 N–H and O–H groups in total. The molecule has 8 heterocycles. The normalized spacial score (nSPS) is 17.0. The zero-order chi connectivity index (χ0) is 126. The molecule has 28 rings (SSSR count). The number of nitrogens with zero attached hydrogens (tertiary/aromatic N) is 8. The first kappa shape index (κ1) is 40.0. The maximum Gasteiger partial charge on any atom is 0.0646 e. The molecule has 8 aromatic heterocycles. The smallest absolute Gasteiger partial charge is 0.0646 e. The van der Waals surface area contributed by atoms with Crippen molar-refractivity contribution in [2.45, 2.75) is 0 Å². The van der Waals surface area contributed by atoms with E-state index in [1.807, 2.05) is 106 Å². The van der Waals surface area contributed by atoms with Crippen molar-refractivity contribution in [3.63, 3.8) is 0 Å². The van der Waals surface area contributed by atoms with Crippen LogP contribution in [0.1, 0.15) is 65.8 Å². The molecule has 0 aliphatic rings. The molecule has 0 bridgehead atoms. The van der Waals surface area contributed by atoms with Gasteiger partial charge in [-0.2, -0.15) is 0 Å². The van der Waals surface area contributed by atoms with Gasteiger partial charge in [-0.05, 0) is 194 Å². The van der Waals surface area contributed by atoms with E-state index in [0.717, 1.165) is 52.7 Å². The third kappa shape index (κ3) is 11.8. The van der Waals surface area contributed by atoms with E-state index in [1.54, 1.807) is 81.9 Å². The van der Waals surface area contributed by atoms with Crippen molar-refractivity contribution >= 4 is 174 Å². The number of hydrogen-bond acceptors (Lipinski definition) is 0. The molecular weight excluding hydrogens is 1550 g/mol. The van der Waals surface area contributed by atoms with E-state index in [0.29, 0.717) is 43.6 Å². The Bertz CT molecular complexity index is 11100. The predicted octanol–water partition coefficient (Wildman–Crippen LogP) is 31.5. The molecule has 600 valence electrons. The lowest BCUT2D eigenvalue weighted by Gasteiger charge is -2.11. The molecule has 0 spiro atoms. The van der Waals surface area contributed by atoms with Gasteiger partial charge in [0.1, 0.15) is 0 Å². The second-order valence-corrected chi connectivity index (χ2v) is 29.4. The predicted molar refractivity (Wildman–Crippen MR) is 540 cm³/mol. The van der Waals surface area contributed by atoms with E-state index in [2.05, 4.69) is 0 Å². The molecule has 128 heavy (non-hydrogen) atoms. The fourth-order valence-corrected chi connectivity index (χ4v) is 17.4. The van der Waals surface area contributed by atoms with E-state index in [9.17, 15) is 5.48 Å². The summed E-state index contributed by atoms with van der Waals surface area (Å²) in [6, 6.07) is 33.5. The quantitative estimate of drug-likeness (QED) is 0.145. The lowest BCUT2D eigenvalue weighted by molar-refractivity contribution is 1.14. The first-order chi connectivity index (χ1) is 83.5. The van der Waals surface area contributed by atoms with Gasteiger partial charge < -0.3 is 36.5 Å². The molecule has 0 saturated heterocycles. The maximum atomic E-state index is 9.19. The van der Waals surface area contributed by atoms with Crippen molar-refractivity contribution in [1.29, 1.82) is 0 Å². The van der Waals surface area contributed by atoms with Gasteiger partial charge in [-0.3, -0.25) is 0 Å². The summed E-state index contributed by atoms with van der Waals surface area (Å²) in [4.78, 5) is 0. The Morgan fingerprint density at radius 1 is 0.102 bits per heavy atom. The van der Waals surface area contributed by atoms with Crippen molar-refractivity contribution in [3.05, 3.63) is 484 Å². The molecule has 0 amide bonds. The van der Waals surface area contributed by atoms with E-state index < -0.39 is 251 Å². The minimum absolute atomic E-state index is 0.0700. The van der Waals surface area contributed by atoms with Crippen LogP contribution in [0.2, 0.25) is 0 Å².